The first-order valence-corrected chi connectivity index (χ1v) is 11.2. The lowest BCUT2D eigenvalue weighted by atomic mass is 9.57. The van der Waals surface area contributed by atoms with Crippen LogP contribution in [-0.2, 0) is 11.8 Å². The Morgan fingerprint density at radius 3 is 2.30 bits per heavy atom. The van der Waals surface area contributed by atoms with Crippen LogP contribution in [0.3, 0.4) is 0 Å². The summed E-state index contributed by atoms with van der Waals surface area (Å²) in [7, 11) is 0. The molecule has 0 unspecified atom stereocenters. The summed E-state index contributed by atoms with van der Waals surface area (Å²) in [6.45, 7) is 2.38. The summed E-state index contributed by atoms with van der Waals surface area (Å²) >= 11 is 0. The molecule has 3 rings (SSSR count). The van der Waals surface area contributed by atoms with Crippen molar-refractivity contribution < 1.29 is 13.9 Å². The fourth-order valence-electron chi connectivity index (χ4n) is 5.71. The van der Waals surface area contributed by atoms with Gasteiger partial charge in [-0.25, -0.2) is 8.78 Å². The second-order valence-electron chi connectivity index (χ2n) is 8.97. The maximum Gasteiger partial charge on any atom is 0.162 e. The van der Waals surface area contributed by atoms with E-state index in [1.54, 1.807) is 0 Å². The average Bonchev–Trinajstić information content (AvgIpc) is 2.72. The number of aliphatic hydroxyl groups is 1. The molecule has 2 saturated carbocycles. The van der Waals surface area contributed by atoms with Crippen molar-refractivity contribution in [2.75, 3.05) is 6.61 Å². The van der Waals surface area contributed by atoms with Gasteiger partial charge in [-0.1, -0.05) is 51.2 Å². The molecular weight excluding hydrogens is 342 g/mol. The largest absolute Gasteiger partial charge is 0.396 e. The monoisotopic (exact) mass is 378 g/mol. The Hall–Kier alpha value is -0.960. The molecule has 3 heteroatoms. The molecule has 0 aromatic heterocycles. The van der Waals surface area contributed by atoms with Crippen LogP contribution in [0.25, 0.3) is 0 Å². The van der Waals surface area contributed by atoms with Crippen LogP contribution in [0, 0.1) is 23.5 Å². The van der Waals surface area contributed by atoms with Gasteiger partial charge in [0.15, 0.2) is 11.6 Å². The zero-order chi connectivity index (χ0) is 19.3. The Bertz CT molecular complexity index is 599. The normalized spacial score (nSPS) is 25.5. The summed E-state index contributed by atoms with van der Waals surface area (Å²) in [5, 5.41) is 9.46. The van der Waals surface area contributed by atoms with Crippen LogP contribution in [0.4, 0.5) is 8.78 Å². The molecule has 0 amide bonds. The van der Waals surface area contributed by atoms with Gasteiger partial charge < -0.3 is 5.11 Å². The van der Waals surface area contributed by atoms with Crippen LogP contribution in [-0.4, -0.2) is 11.7 Å². The van der Waals surface area contributed by atoms with E-state index in [0.717, 1.165) is 70.6 Å². The summed E-state index contributed by atoms with van der Waals surface area (Å²) in [5.74, 6) is -0.363. The van der Waals surface area contributed by atoms with E-state index in [1.165, 1.54) is 6.42 Å². The molecule has 0 saturated heterocycles. The minimum Gasteiger partial charge on any atom is -0.396 e. The van der Waals surface area contributed by atoms with Gasteiger partial charge in [0.05, 0.1) is 0 Å². The van der Waals surface area contributed by atoms with Crippen molar-refractivity contribution in [3.8, 4) is 0 Å². The standard InChI is InChI=1S/C24H36F2O/c1-2-3-5-8-19-11-14-21(23(26)22(19)25)24(15-6-4-7-16-24)20-12-9-18(17-27)10-13-20/h11,14,18,20,27H,2-10,12-13,15-17H2,1H3. The number of hydrogen-bond acceptors (Lipinski definition) is 1. The van der Waals surface area contributed by atoms with E-state index in [0.29, 0.717) is 29.4 Å². The SMILES string of the molecule is CCCCCc1ccc(C2(C3CCC(CO)CC3)CCCCC2)c(F)c1F. The lowest BCUT2D eigenvalue weighted by Gasteiger charge is -2.47. The molecule has 0 radical (unpaired) electrons. The van der Waals surface area contributed by atoms with Crippen molar-refractivity contribution in [3.05, 3.63) is 34.9 Å². The van der Waals surface area contributed by atoms with E-state index in [-0.39, 0.29) is 12.0 Å². The third kappa shape index (κ3) is 4.39. The summed E-state index contributed by atoms with van der Waals surface area (Å²) in [6, 6.07) is 3.78. The van der Waals surface area contributed by atoms with Crippen LogP contribution in [0.2, 0.25) is 0 Å². The van der Waals surface area contributed by atoms with E-state index in [9.17, 15) is 9.50 Å². The molecule has 1 nitrogen and oxygen atoms in total. The fraction of sp³-hybridized carbons (Fsp3) is 0.750. The molecule has 152 valence electrons. The molecule has 27 heavy (non-hydrogen) atoms. The molecule has 0 bridgehead atoms. The lowest BCUT2D eigenvalue weighted by molar-refractivity contribution is 0.0997. The topological polar surface area (TPSA) is 20.2 Å². The molecule has 0 spiro atoms. The summed E-state index contributed by atoms with van der Waals surface area (Å²) < 4.78 is 30.2. The molecule has 1 aromatic rings. The van der Waals surface area contributed by atoms with Gasteiger partial charge in [-0.05, 0) is 74.3 Å². The first-order chi connectivity index (χ1) is 13.1. The smallest absolute Gasteiger partial charge is 0.162 e. The number of aliphatic hydroxyl groups excluding tert-OH is 1. The molecule has 2 fully saturated rings. The lowest BCUT2D eigenvalue weighted by Crippen LogP contribution is -2.40. The molecule has 2 aliphatic carbocycles. The van der Waals surface area contributed by atoms with Crippen molar-refractivity contribution in [3.63, 3.8) is 0 Å². The summed E-state index contributed by atoms with van der Waals surface area (Å²) in [5.41, 5.74) is 0.983. The highest BCUT2D eigenvalue weighted by atomic mass is 19.2. The van der Waals surface area contributed by atoms with Crippen molar-refractivity contribution >= 4 is 0 Å². The molecule has 0 aliphatic heterocycles. The summed E-state index contributed by atoms with van der Waals surface area (Å²) in [6.07, 6.45) is 13.2. The molecule has 0 heterocycles. The summed E-state index contributed by atoms with van der Waals surface area (Å²) in [4.78, 5) is 0. The van der Waals surface area contributed by atoms with Crippen LogP contribution < -0.4 is 0 Å². The van der Waals surface area contributed by atoms with Gasteiger partial charge in [0, 0.05) is 12.0 Å². The maximum absolute atomic E-state index is 15.3. The van der Waals surface area contributed by atoms with E-state index in [4.69, 9.17) is 0 Å². The van der Waals surface area contributed by atoms with E-state index in [1.807, 2.05) is 12.1 Å². The number of aryl methyl sites for hydroxylation is 1. The second kappa shape index (κ2) is 9.49. The Morgan fingerprint density at radius 2 is 1.67 bits per heavy atom. The van der Waals surface area contributed by atoms with Gasteiger partial charge in [0.25, 0.3) is 0 Å². The number of unbranched alkanes of at least 4 members (excludes halogenated alkanes) is 2. The van der Waals surface area contributed by atoms with E-state index < -0.39 is 11.6 Å². The van der Waals surface area contributed by atoms with Gasteiger partial charge in [-0.15, -0.1) is 0 Å². The van der Waals surface area contributed by atoms with Crippen molar-refractivity contribution in [2.45, 2.75) is 95.8 Å². The van der Waals surface area contributed by atoms with Gasteiger partial charge in [0.2, 0.25) is 0 Å². The maximum atomic E-state index is 15.3. The van der Waals surface area contributed by atoms with Crippen LogP contribution in [0.1, 0.15) is 95.1 Å². The van der Waals surface area contributed by atoms with Gasteiger partial charge in [0.1, 0.15) is 0 Å². The van der Waals surface area contributed by atoms with Crippen molar-refractivity contribution in [1.82, 2.24) is 0 Å². The van der Waals surface area contributed by atoms with Gasteiger partial charge >= 0.3 is 0 Å². The highest BCUT2D eigenvalue weighted by Crippen LogP contribution is 2.51. The second-order valence-corrected chi connectivity index (χ2v) is 8.97. The highest BCUT2D eigenvalue weighted by Gasteiger charge is 2.44. The molecule has 0 atom stereocenters. The predicted octanol–water partition coefficient (Wildman–Crippen LogP) is 6.70. The number of benzene rings is 1. The first kappa shape index (κ1) is 20.8. The van der Waals surface area contributed by atoms with Crippen LogP contribution in [0.5, 0.6) is 0 Å². The molecule has 1 N–H and O–H groups in total. The number of halogens is 2. The Kier molecular flexibility index (Phi) is 7.30. The Balaban J connectivity index is 1.88. The predicted molar refractivity (Wildman–Crippen MR) is 107 cm³/mol. The van der Waals surface area contributed by atoms with E-state index in [2.05, 4.69) is 6.92 Å². The third-order valence-corrected chi connectivity index (χ3v) is 7.38. The third-order valence-electron chi connectivity index (χ3n) is 7.38. The van der Waals surface area contributed by atoms with E-state index >= 15 is 4.39 Å². The highest BCUT2D eigenvalue weighted by molar-refractivity contribution is 5.34. The zero-order valence-electron chi connectivity index (χ0n) is 16.9. The van der Waals surface area contributed by atoms with Crippen molar-refractivity contribution in [1.29, 1.82) is 0 Å². The Morgan fingerprint density at radius 1 is 0.963 bits per heavy atom. The average molecular weight is 379 g/mol. The zero-order valence-corrected chi connectivity index (χ0v) is 16.9. The molecular formula is C24H36F2O. The van der Waals surface area contributed by atoms with Gasteiger partial charge in [-0.2, -0.15) is 0 Å². The fourth-order valence-corrected chi connectivity index (χ4v) is 5.71. The molecule has 1 aromatic carbocycles. The number of rotatable bonds is 7. The van der Waals surface area contributed by atoms with Gasteiger partial charge in [-0.3, -0.25) is 0 Å². The first-order valence-electron chi connectivity index (χ1n) is 11.2. The quantitative estimate of drug-likeness (QED) is 0.524. The molecule has 2 aliphatic rings. The minimum atomic E-state index is -0.599. The Labute approximate surface area is 163 Å². The van der Waals surface area contributed by atoms with Crippen LogP contribution >= 0.6 is 0 Å². The number of hydrogen-bond donors (Lipinski definition) is 1. The van der Waals surface area contributed by atoms with Crippen LogP contribution in [0.15, 0.2) is 12.1 Å². The van der Waals surface area contributed by atoms with Crippen molar-refractivity contribution in [2.24, 2.45) is 11.8 Å². The minimum absolute atomic E-state index is 0.203.